The Hall–Kier alpha value is -6.19. The fourth-order valence-electron chi connectivity index (χ4n) is 8.00. The first-order chi connectivity index (χ1) is 24.0. The minimum Gasteiger partial charge on any atom is -0.455 e. The van der Waals surface area contributed by atoms with Crippen LogP contribution in [-0.2, 0) is 5.41 Å². The lowest BCUT2D eigenvalue weighted by atomic mass is 9.81. The van der Waals surface area contributed by atoms with Crippen molar-refractivity contribution in [2.45, 2.75) is 19.3 Å². The molecule has 1 aliphatic carbocycles. The van der Waals surface area contributed by atoms with E-state index in [2.05, 4.69) is 164 Å². The fraction of sp³-hybridized carbons (Fsp3) is 0.0652. The topological polar surface area (TPSA) is 31.0 Å². The van der Waals surface area contributed by atoms with Crippen molar-refractivity contribution in [1.82, 2.24) is 9.55 Å². The third kappa shape index (κ3) is 4.19. The molecule has 0 aliphatic heterocycles. The van der Waals surface area contributed by atoms with Crippen molar-refractivity contribution < 1.29 is 4.42 Å². The zero-order chi connectivity index (χ0) is 32.7. The van der Waals surface area contributed by atoms with Crippen molar-refractivity contribution in [3.63, 3.8) is 0 Å². The van der Waals surface area contributed by atoms with Crippen LogP contribution in [0.2, 0.25) is 0 Å². The van der Waals surface area contributed by atoms with E-state index < -0.39 is 0 Å². The van der Waals surface area contributed by atoms with Gasteiger partial charge < -0.3 is 4.42 Å². The van der Waals surface area contributed by atoms with Crippen LogP contribution in [0, 0.1) is 0 Å². The van der Waals surface area contributed by atoms with Crippen LogP contribution in [0.3, 0.4) is 0 Å². The second-order valence-electron chi connectivity index (χ2n) is 13.6. The second-order valence-corrected chi connectivity index (χ2v) is 13.6. The van der Waals surface area contributed by atoms with E-state index in [4.69, 9.17) is 9.40 Å². The van der Waals surface area contributed by atoms with Crippen molar-refractivity contribution in [2.24, 2.45) is 0 Å². The summed E-state index contributed by atoms with van der Waals surface area (Å²) in [6.45, 7) is 4.68. The summed E-state index contributed by atoms with van der Waals surface area (Å²) in [4.78, 5) is 5.27. The molecule has 0 radical (unpaired) electrons. The number of furan rings is 1. The molecule has 49 heavy (non-hydrogen) atoms. The number of benzene rings is 7. The molecule has 3 nitrogen and oxygen atoms in total. The van der Waals surface area contributed by atoms with E-state index in [0.29, 0.717) is 0 Å². The predicted octanol–water partition coefficient (Wildman–Crippen LogP) is 12.2. The zero-order valence-electron chi connectivity index (χ0n) is 27.3. The summed E-state index contributed by atoms with van der Waals surface area (Å²) < 4.78 is 8.85. The fourth-order valence-corrected chi connectivity index (χ4v) is 8.00. The summed E-state index contributed by atoms with van der Waals surface area (Å²) in [6.07, 6.45) is 0. The number of hydrogen-bond donors (Lipinski definition) is 0. The molecule has 0 N–H and O–H groups in total. The third-order valence-electron chi connectivity index (χ3n) is 10.4. The number of hydrogen-bond acceptors (Lipinski definition) is 2. The van der Waals surface area contributed by atoms with Crippen molar-refractivity contribution in [3.05, 3.63) is 169 Å². The Balaban J connectivity index is 1.25. The molecule has 9 aromatic rings. The Kier molecular flexibility index (Phi) is 5.92. The van der Waals surface area contributed by atoms with Gasteiger partial charge in [-0.15, -0.1) is 0 Å². The van der Waals surface area contributed by atoms with Crippen molar-refractivity contribution in [2.75, 3.05) is 0 Å². The van der Waals surface area contributed by atoms with Gasteiger partial charge in [-0.05, 0) is 93.5 Å². The third-order valence-corrected chi connectivity index (χ3v) is 10.4. The molecule has 3 heteroatoms. The smallest absolute Gasteiger partial charge is 0.145 e. The Bertz CT molecular complexity index is 2750. The van der Waals surface area contributed by atoms with Gasteiger partial charge in [-0.3, -0.25) is 4.57 Å². The second kappa shape index (κ2) is 10.4. The summed E-state index contributed by atoms with van der Waals surface area (Å²) in [6, 6.07) is 56.4. The number of imidazole rings is 1. The highest BCUT2D eigenvalue weighted by atomic mass is 16.3. The maximum absolute atomic E-state index is 6.57. The van der Waals surface area contributed by atoms with E-state index in [1.165, 1.54) is 27.8 Å². The first-order valence-electron chi connectivity index (χ1n) is 16.9. The van der Waals surface area contributed by atoms with E-state index in [-0.39, 0.29) is 5.41 Å². The lowest BCUT2D eigenvalue weighted by molar-refractivity contribution is 0.660. The van der Waals surface area contributed by atoms with Crippen LogP contribution in [0.25, 0.3) is 83.4 Å². The summed E-state index contributed by atoms with van der Waals surface area (Å²) in [5, 5.41) is 2.25. The lowest BCUT2D eigenvalue weighted by Crippen LogP contribution is -2.14. The molecule has 0 saturated carbocycles. The van der Waals surface area contributed by atoms with Gasteiger partial charge in [0, 0.05) is 33.0 Å². The van der Waals surface area contributed by atoms with Gasteiger partial charge in [-0.1, -0.05) is 117 Å². The van der Waals surface area contributed by atoms with E-state index in [9.17, 15) is 0 Å². The van der Waals surface area contributed by atoms with Crippen LogP contribution in [0.1, 0.15) is 25.0 Å². The van der Waals surface area contributed by atoms with Crippen LogP contribution < -0.4 is 0 Å². The molecule has 7 aromatic carbocycles. The maximum Gasteiger partial charge on any atom is 0.145 e. The number of para-hydroxylation sites is 5. The van der Waals surface area contributed by atoms with E-state index in [1.54, 1.807) is 0 Å². The molecular formula is C46H32N2O. The first kappa shape index (κ1) is 27.9. The summed E-state index contributed by atoms with van der Waals surface area (Å²) in [7, 11) is 0. The average molecular weight is 629 g/mol. The van der Waals surface area contributed by atoms with Gasteiger partial charge in [0.05, 0.1) is 11.0 Å². The summed E-state index contributed by atoms with van der Waals surface area (Å²) in [5.74, 6) is 0.904. The Morgan fingerprint density at radius 2 is 1.20 bits per heavy atom. The molecule has 0 atom stereocenters. The van der Waals surface area contributed by atoms with E-state index in [1.807, 2.05) is 12.1 Å². The number of rotatable bonds is 4. The van der Waals surface area contributed by atoms with Gasteiger partial charge in [-0.2, -0.15) is 0 Å². The van der Waals surface area contributed by atoms with Gasteiger partial charge in [0.25, 0.3) is 0 Å². The molecule has 2 aromatic heterocycles. The highest BCUT2D eigenvalue weighted by molar-refractivity contribution is 6.10. The van der Waals surface area contributed by atoms with Crippen LogP contribution in [0.4, 0.5) is 0 Å². The van der Waals surface area contributed by atoms with Crippen LogP contribution >= 0.6 is 0 Å². The molecule has 0 saturated heterocycles. The van der Waals surface area contributed by atoms with E-state index in [0.717, 1.165) is 66.7 Å². The van der Waals surface area contributed by atoms with Crippen molar-refractivity contribution in [3.8, 4) is 50.5 Å². The first-order valence-corrected chi connectivity index (χ1v) is 16.9. The molecule has 1 aliphatic rings. The highest BCUT2D eigenvalue weighted by Crippen LogP contribution is 2.50. The highest BCUT2D eigenvalue weighted by Gasteiger charge is 2.35. The molecule has 0 fully saturated rings. The molecule has 0 unspecified atom stereocenters. The van der Waals surface area contributed by atoms with Crippen LogP contribution in [0.5, 0.6) is 0 Å². The Morgan fingerprint density at radius 1 is 0.510 bits per heavy atom. The Morgan fingerprint density at radius 3 is 2.12 bits per heavy atom. The normalized spacial score (nSPS) is 13.3. The number of nitrogens with zero attached hydrogens (tertiary/aromatic N) is 2. The van der Waals surface area contributed by atoms with E-state index >= 15 is 0 Å². The average Bonchev–Trinajstić information content (AvgIpc) is 3.80. The van der Waals surface area contributed by atoms with Gasteiger partial charge in [0.15, 0.2) is 0 Å². The molecule has 10 rings (SSSR count). The molecular weight excluding hydrogens is 597 g/mol. The molecule has 0 bridgehead atoms. The minimum atomic E-state index is -0.0937. The largest absolute Gasteiger partial charge is 0.455 e. The number of fused-ring (bicyclic) bond motifs is 7. The van der Waals surface area contributed by atoms with Crippen LogP contribution in [0.15, 0.2) is 162 Å². The molecule has 232 valence electrons. The predicted molar refractivity (Wildman–Crippen MR) is 202 cm³/mol. The molecule has 0 spiro atoms. The zero-order valence-corrected chi connectivity index (χ0v) is 27.3. The quantitative estimate of drug-likeness (QED) is 0.194. The SMILES string of the molecule is CC1(C)c2ccccc2-c2ccc(-c3cc(-c4cccc5c4oc4ccccc45)cc(-c4nc5ccccc5n4-c4ccccc4)c3)cc21. The van der Waals surface area contributed by atoms with Gasteiger partial charge in [-0.25, -0.2) is 4.98 Å². The molecule has 2 heterocycles. The summed E-state index contributed by atoms with van der Waals surface area (Å²) in [5.41, 5.74) is 15.7. The lowest BCUT2D eigenvalue weighted by Gasteiger charge is -2.22. The maximum atomic E-state index is 6.57. The monoisotopic (exact) mass is 628 g/mol. The van der Waals surface area contributed by atoms with Crippen molar-refractivity contribution in [1.29, 1.82) is 0 Å². The van der Waals surface area contributed by atoms with Crippen LogP contribution in [-0.4, -0.2) is 9.55 Å². The Labute approximate surface area is 284 Å². The molecule has 0 amide bonds. The summed E-state index contributed by atoms with van der Waals surface area (Å²) >= 11 is 0. The van der Waals surface area contributed by atoms with Gasteiger partial charge in [0.1, 0.15) is 17.0 Å². The van der Waals surface area contributed by atoms with Gasteiger partial charge >= 0.3 is 0 Å². The van der Waals surface area contributed by atoms with Gasteiger partial charge in [0.2, 0.25) is 0 Å². The minimum absolute atomic E-state index is 0.0937. The number of aromatic nitrogens is 2. The van der Waals surface area contributed by atoms with Crippen molar-refractivity contribution >= 4 is 33.0 Å². The standard InChI is InChI=1S/C46H32N2O/c1-46(2)39-19-8-6-15-35(39)36-24-23-29(28-40(36)46)30-25-31(34-17-12-18-38-37-16-7-11-22-43(37)49-44(34)38)27-32(26-30)45-47-41-20-9-10-21-42(41)48(45)33-13-4-3-5-14-33/h3-28H,1-2H3.